The number of halogens is 1. The van der Waals surface area contributed by atoms with E-state index in [-0.39, 0.29) is 22.4 Å². The summed E-state index contributed by atoms with van der Waals surface area (Å²) >= 11 is 7.46. The van der Waals surface area contributed by atoms with Crippen molar-refractivity contribution >= 4 is 50.7 Å². The second kappa shape index (κ2) is 9.40. The molecule has 7 nitrogen and oxygen atoms in total. The van der Waals surface area contributed by atoms with Gasteiger partial charge in [-0.1, -0.05) is 41.1 Å². The van der Waals surface area contributed by atoms with Gasteiger partial charge in [-0.2, -0.15) is 0 Å². The summed E-state index contributed by atoms with van der Waals surface area (Å²) in [6, 6.07) is 10.6. The maximum atomic E-state index is 13.4. The van der Waals surface area contributed by atoms with Crippen molar-refractivity contribution in [2.45, 2.75) is 27.7 Å². The molecule has 0 fully saturated rings. The number of Topliss-reactive ketones (excluding diaryl/α,β-unsaturated/α-hetero) is 1. The van der Waals surface area contributed by atoms with Crippen molar-refractivity contribution in [2.75, 3.05) is 11.9 Å². The first-order chi connectivity index (χ1) is 16.2. The zero-order valence-corrected chi connectivity index (χ0v) is 20.5. The van der Waals surface area contributed by atoms with Crippen LogP contribution >= 0.6 is 22.9 Å². The Morgan fingerprint density at radius 3 is 2.59 bits per heavy atom. The number of benzene rings is 2. The van der Waals surface area contributed by atoms with Crippen molar-refractivity contribution in [3.63, 3.8) is 0 Å². The fourth-order valence-corrected chi connectivity index (χ4v) is 4.76. The first-order valence-corrected chi connectivity index (χ1v) is 11.6. The summed E-state index contributed by atoms with van der Waals surface area (Å²) < 4.78 is 11.9. The van der Waals surface area contributed by atoms with E-state index in [9.17, 15) is 14.4 Å². The van der Waals surface area contributed by atoms with Gasteiger partial charge in [-0.25, -0.2) is 4.98 Å². The fraction of sp³-hybridized carbons (Fsp3) is 0.200. The molecule has 1 N–H and O–H groups in total. The predicted octanol–water partition coefficient (Wildman–Crippen LogP) is 5.72. The van der Waals surface area contributed by atoms with Crippen molar-refractivity contribution < 1.29 is 18.7 Å². The maximum Gasteiger partial charge on any atom is 0.264 e. The average Bonchev–Trinajstić information content (AvgIpc) is 3.14. The lowest BCUT2D eigenvalue weighted by Crippen LogP contribution is -2.22. The van der Waals surface area contributed by atoms with E-state index in [0.29, 0.717) is 32.1 Å². The van der Waals surface area contributed by atoms with Crippen molar-refractivity contribution in [3.05, 3.63) is 73.3 Å². The number of thiazole rings is 1. The summed E-state index contributed by atoms with van der Waals surface area (Å²) in [6.07, 6.45) is 0. The second-order valence-electron chi connectivity index (χ2n) is 7.85. The van der Waals surface area contributed by atoms with E-state index in [0.717, 1.165) is 22.5 Å². The van der Waals surface area contributed by atoms with Crippen molar-refractivity contribution in [1.29, 1.82) is 0 Å². The minimum Gasteiger partial charge on any atom is -0.476 e. The van der Waals surface area contributed by atoms with Crippen LogP contribution in [0.4, 0.5) is 5.13 Å². The Kier molecular flexibility index (Phi) is 6.54. The Labute approximate surface area is 204 Å². The number of carbonyl (C=O) groups is 2. The predicted molar refractivity (Wildman–Crippen MR) is 133 cm³/mol. The van der Waals surface area contributed by atoms with Gasteiger partial charge in [-0.3, -0.25) is 19.7 Å². The van der Waals surface area contributed by atoms with Crippen LogP contribution in [0.1, 0.15) is 33.4 Å². The average molecular weight is 497 g/mol. The van der Waals surface area contributed by atoms with Crippen LogP contribution in [0.15, 0.2) is 45.6 Å². The molecule has 174 valence electrons. The van der Waals surface area contributed by atoms with Crippen LogP contribution in [0.25, 0.3) is 22.3 Å². The first-order valence-electron chi connectivity index (χ1n) is 10.4. The van der Waals surface area contributed by atoms with Gasteiger partial charge in [-0.05, 0) is 50.1 Å². The number of amides is 1. The van der Waals surface area contributed by atoms with Crippen LogP contribution < -0.4 is 15.5 Å². The third-order valence-electron chi connectivity index (χ3n) is 5.11. The van der Waals surface area contributed by atoms with Gasteiger partial charge in [0, 0.05) is 12.5 Å². The highest BCUT2D eigenvalue weighted by atomic mass is 35.5. The molecule has 0 aliphatic rings. The number of hydrogen-bond donors (Lipinski definition) is 1. The summed E-state index contributed by atoms with van der Waals surface area (Å²) in [4.78, 5) is 42.3. The van der Waals surface area contributed by atoms with Crippen molar-refractivity contribution in [2.24, 2.45) is 0 Å². The standard InChI is InChI=1S/C25H21ClN2O5S/c1-12-9-13(2)21-17(10-12)20(31)23(22(33-21)16-7-5-6-8-18(16)26)32-11-19(30)28-25-27-14(3)24(34-25)15(4)29/h5-10H,11H2,1-4H3,(H,27,28,30). The summed E-state index contributed by atoms with van der Waals surface area (Å²) in [6.45, 7) is 6.40. The zero-order chi connectivity index (χ0) is 24.6. The fourth-order valence-electron chi connectivity index (χ4n) is 3.66. The molecule has 0 atom stereocenters. The minimum absolute atomic E-state index is 0.111. The molecule has 1 amide bonds. The smallest absolute Gasteiger partial charge is 0.264 e. The number of ketones is 1. The molecular weight excluding hydrogens is 476 g/mol. The summed E-state index contributed by atoms with van der Waals surface area (Å²) in [5.41, 5.74) is 2.73. The van der Waals surface area contributed by atoms with Crippen LogP contribution in [0.3, 0.4) is 0 Å². The summed E-state index contributed by atoms with van der Waals surface area (Å²) in [5.74, 6) is -0.628. The number of aryl methyl sites for hydroxylation is 3. The highest BCUT2D eigenvalue weighted by molar-refractivity contribution is 7.17. The summed E-state index contributed by atoms with van der Waals surface area (Å²) in [7, 11) is 0. The van der Waals surface area contributed by atoms with Crippen molar-refractivity contribution in [3.8, 4) is 17.1 Å². The van der Waals surface area contributed by atoms with Crippen LogP contribution in [-0.4, -0.2) is 23.3 Å². The number of nitrogens with zero attached hydrogens (tertiary/aromatic N) is 1. The lowest BCUT2D eigenvalue weighted by molar-refractivity contribution is -0.118. The monoisotopic (exact) mass is 496 g/mol. The number of aromatic nitrogens is 1. The molecule has 0 bridgehead atoms. The second-order valence-corrected chi connectivity index (χ2v) is 9.26. The molecule has 0 saturated heterocycles. The minimum atomic E-state index is -0.533. The molecule has 4 aromatic rings. The van der Waals surface area contributed by atoms with E-state index in [1.807, 2.05) is 19.9 Å². The molecular formula is C25H21ClN2O5S. The van der Waals surface area contributed by atoms with Gasteiger partial charge in [0.05, 0.1) is 21.0 Å². The summed E-state index contributed by atoms with van der Waals surface area (Å²) in [5, 5.41) is 3.61. The van der Waals surface area contributed by atoms with Gasteiger partial charge < -0.3 is 9.15 Å². The maximum absolute atomic E-state index is 13.4. The van der Waals surface area contributed by atoms with E-state index in [1.165, 1.54) is 6.92 Å². The Morgan fingerprint density at radius 2 is 1.91 bits per heavy atom. The lowest BCUT2D eigenvalue weighted by Gasteiger charge is -2.13. The zero-order valence-electron chi connectivity index (χ0n) is 18.9. The molecule has 4 rings (SSSR count). The molecule has 0 radical (unpaired) electrons. The van der Waals surface area contributed by atoms with Crippen LogP contribution in [0, 0.1) is 20.8 Å². The Balaban J connectivity index is 1.71. The van der Waals surface area contributed by atoms with Gasteiger partial charge in [0.2, 0.25) is 11.2 Å². The molecule has 34 heavy (non-hydrogen) atoms. The van der Waals surface area contributed by atoms with E-state index in [2.05, 4.69) is 10.3 Å². The number of rotatable bonds is 6. The van der Waals surface area contributed by atoms with Gasteiger partial charge >= 0.3 is 0 Å². The largest absolute Gasteiger partial charge is 0.476 e. The number of fused-ring (bicyclic) bond motifs is 1. The topological polar surface area (TPSA) is 98.5 Å². The SMILES string of the molecule is CC(=O)c1sc(NC(=O)COc2c(-c3ccccc3Cl)oc3c(C)cc(C)cc3c2=O)nc1C. The van der Waals surface area contributed by atoms with Gasteiger partial charge in [0.1, 0.15) is 5.58 Å². The Morgan fingerprint density at radius 1 is 1.18 bits per heavy atom. The molecule has 2 aromatic heterocycles. The molecule has 2 heterocycles. The quantitative estimate of drug-likeness (QED) is 0.343. The van der Waals surface area contributed by atoms with Gasteiger partial charge in [-0.15, -0.1) is 0 Å². The Bertz CT molecular complexity index is 1510. The molecule has 0 saturated carbocycles. The van der Waals surface area contributed by atoms with Gasteiger partial charge in [0.25, 0.3) is 5.91 Å². The first kappa shape index (κ1) is 23.7. The molecule has 0 aliphatic carbocycles. The third-order valence-corrected chi connectivity index (χ3v) is 6.61. The number of nitrogens with one attached hydrogen (secondary N) is 1. The molecule has 0 unspecified atom stereocenters. The molecule has 0 spiro atoms. The van der Waals surface area contributed by atoms with E-state index in [4.69, 9.17) is 20.8 Å². The molecule has 0 aliphatic heterocycles. The third kappa shape index (κ3) is 4.60. The van der Waals surface area contributed by atoms with E-state index in [1.54, 1.807) is 37.3 Å². The number of ether oxygens (including phenoxy) is 1. The highest BCUT2D eigenvalue weighted by Gasteiger charge is 2.22. The van der Waals surface area contributed by atoms with Crippen molar-refractivity contribution in [1.82, 2.24) is 4.98 Å². The molecule has 9 heteroatoms. The number of anilines is 1. The van der Waals surface area contributed by atoms with Gasteiger partial charge in [0.15, 0.2) is 23.3 Å². The highest BCUT2D eigenvalue weighted by Crippen LogP contribution is 2.36. The van der Waals surface area contributed by atoms with Crippen LogP contribution in [0.5, 0.6) is 5.75 Å². The lowest BCUT2D eigenvalue weighted by atomic mass is 10.1. The normalized spacial score (nSPS) is 11.0. The number of carbonyl (C=O) groups excluding carboxylic acids is 2. The van der Waals surface area contributed by atoms with Crippen LogP contribution in [0.2, 0.25) is 5.02 Å². The Hall–Kier alpha value is -3.49. The van der Waals surface area contributed by atoms with E-state index >= 15 is 0 Å². The van der Waals surface area contributed by atoms with E-state index < -0.39 is 17.9 Å². The molecule has 2 aromatic carbocycles. The number of hydrogen-bond acceptors (Lipinski definition) is 7. The van der Waals surface area contributed by atoms with Crippen LogP contribution in [-0.2, 0) is 4.79 Å².